The minimum atomic E-state index is -3.90. The summed E-state index contributed by atoms with van der Waals surface area (Å²) in [5.41, 5.74) is 1.01. The molecule has 0 radical (unpaired) electrons. The van der Waals surface area contributed by atoms with Crippen LogP contribution < -0.4 is 4.72 Å². The van der Waals surface area contributed by atoms with E-state index in [1.165, 1.54) is 35.4 Å². The first-order valence-electron chi connectivity index (χ1n) is 7.25. The number of nitrogens with one attached hydrogen (secondary N) is 2. The number of nitriles is 1. The third-order valence-electron chi connectivity index (χ3n) is 3.75. The Labute approximate surface area is 148 Å². The normalized spacial score (nSPS) is 12.9. The number of anilines is 1. The van der Waals surface area contributed by atoms with Crippen molar-refractivity contribution in [1.29, 1.82) is 5.26 Å². The van der Waals surface area contributed by atoms with Crippen LogP contribution in [0.4, 0.5) is 5.69 Å². The predicted molar refractivity (Wildman–Crippen MR) is 92.9 cm³/mol. The van der Waals surface area contributed by atoms with Gasteiger partial charge >= 0.3 is 0 Å². The summed E-state index contributed by atoms with van der Waals surface area (Å²) in [7, 11) is -3.90. The summed E-state index contributed by atoms with van der Waals surface area (Å²) in [6.07, 6.45) is 4.01. The molecule has 2 aromatic heterocycles. The second-order valence-electron chi connectivity index (χ2n) is 5.45. The number of rotatable bonds is 5. The molecule has 130 valence electrons. The van der Waals surface area contributed by atoms with Gasteiger partial charge in [-0.2, -0.15) is 10.4 Å². The highest BCUT2D eigenvalue weighted by atomic mass is 35.5. The maximum Gasteiger partial charge on any atom is 0.265 e. The van der Waals surface area contributed by atoms with Gasteiger partial charge in [-0.25, -0.2) is 8.42 Å². The van der Waals surface area contributed by atoms with Gasteiger partial charge in [-0.3, -0.25) is 9.40 Å². The van der Waals surface area contributed by atoms with Crippen LogP contribution in [0, 0.1) is 11.3 Å². The molecule has 3 rings (SSSR count). The number of nitrogens with zero attached hydrogens (tertiary/aromatic N) is 3. The van der Waals surface area contributed by atoms with E-state index < -0.39 is 10.0 Å². The zero-order valence-corrected chi connectivity index (χ0v) is 14.6. The second kappa shape index (κ2) is 6.40. The molecule has 0 saturated heterocycles. The van der Waals surface area contributed by atoms with E-state index in [0.717, 1.165) is 0 Å². The molecule has 3 aromatic rings. The minimum Gasteiger partial charge on any atom is -0.394 e. The Bertz CT molecular complexity index is 1080. The van der Waals surface area contributed by atoms with Gasteiger partial charge in [0.05, 0.1) is 40.6 Å². The number of hydrogen-bond donors (Lipinski definition) is 3. The standard InChI is InChI=1S/C15H14ClN5O3S/c1-9(8-22)21-7-11(6-19-21)25(23,24)20-13-3-2-12(16)14-10(4-17)5-18-15(13)14/h2-3,5-7,9,18,20,22H,8H2,1H3/t9-/m0/s1. The number of H-pyrrole nitrogens is 1. The van der Waals surface area contributed by atoms with Crippen molar-refractivity contribution in [3.8, 4) is 6.07 Å². The Balaban J connectivity index is 2.01. The van der Waals surface area contributed by atoms with Crippen molar-refractivity contribution in [3.63, 3.8) is 0 Å². The van der Waals surface area contributed by atoms with Gasteiger partial charge in [-0.1, -0.05) is 11.6 Å². The highest BCUT2D eigenvalue weighted by Crippen LogP contribution is 2.32. The number of aliphatic hydroxyl groups excluding tert-OH is 1. The van der Waals surface area contributed by atoms with Crippen LogP contribution in [0.5, 0.6) is 0 Å². The zero-order valence-electron chi connectivity index (χ0n) is 13.1. The lowest BCUT2D eigenvalue weighted by Gasteiger charge is -2.09. The Hall–Kier alpha value is -2.54. The third-order valence-corrected chi connectivity index (χ3v) is 5.39. The van der Waals surface area contributed by atoms with Crippen LogP contribution in [0.25, 0.3) is 10.9 Å². The fourth-order valence-electron chi connectivity index (χ4n) is 2.37. The average Bonchev–Trinajstić information content (AvgIpc) is 3.24. The molecule has 0 aliphatic carbocycles. The topological polar surface area (TPSA) is 124 Å². The molecule has 0 unspecified atom stereocenters. The van der Waals surface area contributed by atoms with Gasteiger partial charge in [0.1, 0.15) is 11.0 Å². The highest BCUT2D eigenvalue weighted by Gasteiger charge is 2.20. The van der Waals surface area contributed by atoms with Crippen LogP contribution in [0.15, 0.2) is 35.6 Å². The summed E-state index contributed by atoms with van der Waals surface area (Å²) in [6.45, 7) is 1.55. The van der Waals surface area contributed by atoms with E-state index in [0.29, 0.717) is 21.5 Å². The number of benzene rings is 1. The number of fused-ring (bicyclic) bond motifs is 1. The Morgan fingerprint density at radius 3 is 2.96 bits per heavy atom. The fraction of sp³-hybridized carbons (Fsp3) is 0.200. The van der Waals surface area contributed by atoms with Crippen molar-refractivity contribution >= 4 is 38.2 Å². The molecule has 25 heavy (non-hydrogen) atoms. The van der Waals surface area contributed by atoms with E-state index in [2.05, 4.69) is 14.8 Å². The van der Waals surface area contributed by atoms with Gasteiger partial charge < -0.3 is 10.1 Å². The van der Waals surface area contributed by atoms with Crippen LogP contribution in [0.2, 0.25) is 5.02 Å². The van der Waals surface area contributed by atoms with Crippen LogP contribution >= 0.6 is 11.6 Å². The molecule has 0 spiro atoms. The van der Waals surface area contributed by atoms with Crippen molar-refractivity contribution in [2.24, 2.45) is 0 Å². The van der Waals surface area contributed by atoms with Gasteiger partial charge in [-0.15, -0.1) is 0 Å². The first-order chi connectivity index (χ1) is 11.9. The quantitative estimate of drug-likeness (QED) is 0.627. The first kappa shape index (κ1) is 17.3. The van der Waals surface area contributed by atoms with Gasteiger partial charge in [-0.05, 0) is 19.1 Å². The van der Waals surface area contributed by atoms with E-state index >= 15 is 0 Å². The largest absolute Gasteiger partial charge is 0.394 e. The molecule has 1 atom stereocenters. The lowest BCUT2D eigenvalue weighted by Crippen LogP contribution is -2.13. The summed E-state index contributed by atoms with van der Waals surface area (Å²) >= 11 is 6.11. The monoisotopic (exact) mass is 379 g/mol. The van der Waals surface area contributed by atoms with Crippen molar-refractivity contribution in [1.82, 2.24) is 14.8 Å². The fourth-order valence-corrected chi connectivity index (χ4v) is 3.64. The molecule has 0 saturated carbocycles. The number of aliphatic hydroxyl groups is 1. The first-order valence-corrected chi connectivity index (χ1v) is 9.11. The van der Waals surface area contributed by atoms with Crippen molar-refractivity contribution in [2.45, 2.75) is 17.9 Å². The van der Waals surface area contributed by atoms with Crippen LogP contribution in [-0.4, -0.2) is 34.9 Å². The number of aromatic amines is 1. The molecule has 0 aliphatic rings. The van der Waals surface area contributed by atoms with E-state index in [1.807, 2.05) is 6.07 Å². The lowest BCUT2D eigenvalue weighted by molar-refractivity contribution is 0.229. The molecule has 3 N–H and O–H groups in total. The number of hydrogen-bond acceptors (Lipinski definition) is 5. The lowest BCUT2D eigenvalue weighted by atomic mass is 10.1. The summed E-state index contributed by atoms with van der Waals surface area (Å²) in [6, 6.07) is 4.70. The van der Waals surface area contributed by atoms with E-state index in [-0.39, 0.29) is 23.2 Å². The molecule has 1 aromatic carbocycles. The van der Waals surface area contributed by atoms with Gasteiger partial charge in [0.25, 0.3) is 10.0 Å². The molecule has 2 heterocycles. The third kappa shape index (κ3) is 3.07. The summed E-state index contributed by atoms with van der Waals surface area (Å²) in [4.78, 5) is 2.83. The molecule has 0 aliphatic heterocycles. The van der Waals surface area contributed by atoms with Crippen LogP contribution in [0.1, 0.15) is 18.5 Å². The predicted octanol–water partition coefficient (Wildman–Crippen LogP) is 2.24. The van der Waals surface area contributed by atoms with Crippen LogP contribution in [0.3, 0.4) is 0 Å². The zero-order chi connectivity index (χ0) is 18.2. The molecule has 0 fully saturated rings. The molecule has 8 nitrogen and oxygen atoms in total. The Morgan fingerprint density at radius 1 is 1.52 bits per heavy atom. The van der Waals surface area contributed by atoms with E-state index in [4.69, 9.17) is 22.0 Å². The SMILES string of the molecule is C[C@@H](CO)n1cc(S(=O)(=O)Nc2ccc(Cl)c3c(C#N)c[nH]c23)cn1. The smallest absolute Gasteiger partial charge is 0.265 e. The van der Waals surface area contributed by atoms with E-state index in [1.54, 1.807) is 6.92 Å². The van der Waals surface area contributed by atoms with Crippen molar-refractivity contribution in [3.05, 3.63) is 41.3 Å². The van der Waals surface area contributed by atoms with E-state index in [9.17, 15) is 8.42 Å². The number of aromatic nitrogens is 3. The maximum atomic E-state index is 12.6. The molecular weight excluding hydrogens is 366 g/mol. The average molecular weight is 380 g/mol. The molecule has 0 bridgehead atoms. The number of sulfonamides is 1. The summed E-state index contributed by atoms with van der Waals surface area (Å²) in [5, 5.41) is 23.0. The van der Waals surface area contributed by atoms with Crippen molar-refractivity contribution < 1.29 is 13.5 Å². The van der Waals surface area contributed by atoms with Gasteiger partial charge in [0.2, 0.25) is 0 Å². The van der Waals surface area contributed by atoms with Gasteiger partial charge in [0, 0.05) is 17.8 Å². The Kier molecular flexibility index (Phi) is 4.43. The minimum absolute atomic E-state index is 0.0389. The van der Waals surface area contributed by atoms with Crippen molar-refractivity contribution in [2.75, 3.05) is 11.3 Å². The molecule has 0 amide bonds. The molecular formula is C15H14ClN5O3S. The van der Waals surface area contributed by atoms with Crippen LogP contribution in [-0.2, 0) is 10.0 Å². The Morgan fingerprint density at radius 2 is 2.28 bits per heavy atom. The molecule has 10 heteroatoms. The number of halogens is 1. The summed E-state index contributed by atoms with van der Waals surface area (Å²) < 4.78 is 29.0. The van der Waals surface area contributed by atoms with Gasteiger partial charge in [0.15, 0.2) is 0 Å². The summed E-state index contributed by atoms with van der Waals surface area (Å²) in [5.74, 6) is 0. The maximum absolute atomic E-state index is 12.6. The highest BCUT2D eigenvalue weighted by molar-refractivity contribution is 7.92. The second-order valence-corrected chi connectivity index (χ2v) is 7.54.